The highest BCUT2D eigenvalue weighted by atomic mass is 16.2. The van der Waals surface area contributed by atoms with E-state index in [0.717, 1.165) is 0 Å². The van der Waals surface area contributed by atoms with E-state index in [2.05, 4.69) is 6.07 Å². The summed E-state index contributed by atoms with van der Waals surface area (Å²) in [5.74, 6) is -0.0239. The van der Waals surface area contributed by atoms with Crippen LogP contribution in [0.5, 0.6) is 0 Å². The molecule has 1 fully saturated rings. The van der Waals surface area contributed by atoms with Crippen molar-refractivity contribution >= 4 is 11.6 Å². The van der Waals surface area contributed by atoms with Crippen LogP contribution >= 0.6 is 0 Å². The quantitative estimate of drug-likeness (QED) is 0.685. The molecule has 4 heteroatoms. The lowest BCUT2D eigenvalue weighted by molar-refractivity contribution is 0.0577. The van der Waals surface area contributed by atoms with Crippen molar-refractivity contribution in [3.05, 3.63) is 29.8 Å². The van der Waals surface area contributed by atoms with E-state index < -0.39 is 0 Å². The van der Waals surface area contributed by atoms with Gasteiger partial charge in [-0.05, 0) is 24.3 Å². The van der Waals surface area contributed by atoms with Crippen LogP contribution in [0.1, 0.15) is 10.4 Å². The monoisotopic (exact) mass is 201 g/mol. The number of rotatable bonds is 1. The first kappa shape index (κ1) is 9.53. The lowest BCUT2D eigenvalue weighted by Crippen LogP contribution is -2.49. The Labute approximate surface area is 87.9 Å². The van der Waals surface area contributed by atoms with Crippen molar-refractivity contribution in [1.82, 2.24) is 4.90 Å². The Morgan fingerprint density at radius 1 is 1.40 bits per heavy atom. The second-order valence-electron chi connectivity index (χ2n) is 3.66. The molecule has 1 aliphatic heterocycles. The molecule has 1 heterocycles. The molecule has 15 heavy (non-hydrogen) atoms. The number of carbonyl (C=O) groups is 1. The molecule has 1 aromatic carbocycles. The van der Waals surface area contributed by atoms with Crippen molar-refractivity contribution < 1.29 is 4.79 Å². The number of amides is 1. The maximum atomic E-state index is 11.8. The molecule has 2 N–H and O–H groups in total. The molecule has 1 saturated heterocycles. The Bertz CT molecular complexity index is 412. The number of nitrogens with two attached hydrogens (primary N) is 1. The number of hydrogen-bond acceptors (Lipinski definition) is 3. The number of nitrogens with zero attached hydrogens (tertiary/aromatic N) is 2. The molecule has 0 bridgehead atoms. The van der Waals surface area contributed by atoms with Gasteiger partial charge in [-0.15, -0.1) is 0 Å². The standard InChI is InChI=1S/C11H11N3O/c12-5-8-6-14(7-8)11(15)9-1-3-10(13)4-2-9/h1-4,8H,6-7,13H2. The molecule has 0 unspecified atom stereocenters. The second kappa shape index (κ2) is 3.62. The van der Waals surface area contributed by atoms with Gasteiger partial charge in [0.15, 0.2) is 0 Å². The molecule has 4 nitrogen and oxygen atoms in total. The maximum absolute atomic E-state index is 11.8. The Morgan fingerprint density at radius 2 is 2.00 bits per heavy atom. The summed E-state index contributed by atoms with van der Waals surface area (Å²) in [6.07, 6.45) is 0. The Morgan fingerprint density at radius 3 is 2.53 bits per heavy atom. The van der Waals surface area contributed by atoms with E-state index in [1.165, 1.54) is 0 Å². The van der Waals surface area contributed by atoms with Crippen molar-refractivity contribution in [3.8, 4) is 6.07 Å². The summed E-state index contributed by atoms with van der Waals surface area (Å²) >= 11 is 0. The summed E-state index contributed by atoms with van der Waals surface area (Å²) in [5.41, 5.74) is 6.79. The Balaban J connectivity index is 2.04. The molecule has 0 aliphatic carbocycles. The average molecular weight is 201 g/mol. The van der Waals surface area contributed by atoms with Gasteiger partial charge in [0.2, 0.25) is 0 Å². The number of likely N-dealkylation sites (tertiary alicyclic amines) is 1. The zero-order valence-corrected chi connectivity index (χ0v) is 8.18. The molecule has 0 atom stereocenters. The summed E-state index contributed by atoms with van der Waals surface area (Å²) in [6, 6.07) is 8.95. The Hall–Kier alpha value is -2.02. The van der Waals surface area contributed by atoms with Crippen LogP contribution in [-0.4, -0.2) is 23.9 Å². The highest BCUT2D eigenvalue weighted by molar-refractivity contribution is 5.95. The van der Waals surface area contributed by atoms with Crippen LogP contribution in [0.25, 0.3) is 0 Å². The first-order valence-corrected chi connectivity index (χ1v) is 4.75. The summed E-state index contributed by atoms with van der Waals surface area (Å²) < 4.78 is 0. The number of carbonyl (C=O) groups excluding carboxylic acids is 1. The van der Waals surface area contributed by atoms with Gasteiger partial charge < -0.3 is 10.6 Å². The van der Waals surface area contributed by atoms with Crippen molar-refractivity contribution in [3.63, 3.8) is 0 Å². The highest BCUT2D eigenvalue weighted by Gasteiger charge is 2.30. The summed E-state index contributed by atoms with van der Waals surface area (Å²) in [4.78, 5) is 13.4. The summed E-state index contributed by atoms with van der Waals surface area (Å²) in [5, 5.41) is 8.59. The van der Waals surface area contributed by atoms with E-state index >= 15 is 0 Å². The molecule has 1 aromatic rings. The van der Waals surface area contributed by atoms with Gasteiger partial charge >= 0.3 is 0 Å². The van der Waals surface area contributed by atoms with Crippen LogP contribution in [0.2, 0.25) is 0 Å². The molecular weight excluding hydrogens is 190 g/mol. The van der Waals surface area contributed by atoms with Crippen LogP contribution < -0.4 is 5.73 Å². The zero-order valence-electron chi connectivity index (χ0n) is 8.18. The van der Waals surface area contributed by atoms with E-state index in [1.54, 1.807) is 29.2 Å². The van der Waals surface area contributed by atoms with Crippen molar-refractivity contribution in [2.75, 3.05) is 18.8 Å². The molecule has 2 rings (SSSR count). The van der Waals surface area contributed by atoms with Gasteiger partial charge in [-0.25, -0.2) is 0 Å². The number of nitrogen functional groups attached to an aromatic ring is 1. The van der Waals surface area contributed by atoms with E-state index in [-0.39, 0.29) is 11.8 Å². The minimum absolute atomic E-state index is 0.00253. The summed E-state index contributed by atoms with van der Waals surface area (Å²) in [7, 11) is 0. The van der Waals surface area contributed by atoms with Gasteiger partial charge in [0.25, 0.3) is 5.91 Å². The molecular formula is C11H11N3O. The van der Waals surface area contributed by atoms with Crippen LogP contribution in [0.15, 0.2) is 24.3 Å². The molecule has 1 amide bonds. The Kier molecular flexibility index (Phi) is 2.30. The predicted molar refractivity (Wildman–Crippen MR) is 55.9 cm³/mol. The van der Waals surface area contributed by atoms with Gasteiger partial charge in [0.1, 0.15) is 0 Å². The first-order chi connectivity index (χ1) is 7.20. The van der Waals surface area contributed by atoms with E-state index in [1.807, 2.05) is 0 Å². The second-order valence-corrected chi connectivity index (χ2v) is 3.66. The van der Waals surface area contributed by atoms with Gasteiger partial charge in [0, 0.05) is 24.3 Å². The maximum Gasteiger partial charge on any atom is 0.253 e. The largest absolute Gasteiger partial charge is 0.399 e. The first-order valence-electron chi connectivity index (χ1n) is 4.75. The van der Waals surface area contributed by atoms with E-state index in [0.29, 0.717) is 24.3 Å². The number of benzene rings is 1. The minimum atomic E-state index is -0.0264. The van der Waals surface area contributed by atoms with Crippen LogP contribution in [0.3, 0.4) is 0 Å². The average Bonchev–Trinajstić information content (AvgIpc) is 2.17. The van der Waals surface area contributed by atoms with Crippen molar-refractivity contribution in [1.29, 1.82) is 5.26 Å². The van der Waals surface area contributed by atoms with Gasteiger partial charge in [-0.1, -0.05) is 0 Å². The van der Waals surface area contributed by atoms with Crippen LogP contribution in [-0.2, 0) is 0 Å². The molecule has 0 spiro atoms. The fourth-order valence-electron chi connectivity index (χ4n) is 1.53. The normalized spacial score (nSPS) is 15.5. The smallest absolute Gasteiger partial charge is 0.253 e. The molecule has 0 saturated carbocycles. The van der Waals surface area contributed by atoms with Gasteiger partial charge in [0.05, 0.1) is 12.0 Å². The lowest BCUT2D eigenvalue weighted by Gasteiger charge is -2.35. The lowest BCUT2D eigenvalue weighted by atomic mass is 10.0. The van der Waals surface area contributed by atoms with Crippen molar-refractivity contribution in [2.45, 2.75) is 0 Å². The third kappa shape index (κ3) is 1.77. The van der Waals surface area contributed by atoms with Gasteiger partial charge in [-0.2, -0.15) is 5.26 Å². The minimum Gasteiger partial charge on any atom is -0.399 e. The third-order valence-corrected chi connectivity index (χ3v) is 2.51. The van der Waals surface area contributed by atoms with E-state index in [9.17, 15) is 4.79 Å². The van der Waals surface area contributed by atoms with Crippen LogP contribution in [0, 0.1) is 17.2 Å². The summed E-state index contributed by atoms with van der Waals surface area (Å²) in [6.45, 7) is 1.08. The topological polar surface area (TPSA) is 70.1 Å². The van der Waals surface area contributed by atoms with E-state index in [4.69, 9.17) is 11.0 Å². The number of hydrogen-bond donors (Lipinski definition) is 1. The fraction of sp³-hybridized carbons (Fsp3) is 0.273. The van der Waals surface area contributed by atoms with Crippen molar-refractivity contribution in [2.24, 2.45) is 5.92 Å². The fourth-order valence-corrected chi connectivity index (χ4v) is 1.53. The van der Waals surface area contributed by atoms with Crippen LogP contribution in [0.4, 0.5) is 5.69 Å². The van der Waals surface area contributed by atoms with Gasteiger partial charge in [-0.3, -0.25) is 4.79 Å². The molecule has 0 aromatic heterocycles. The molecule has 1 aliphatic rings. The third-order valence-electron chi connectivity index (χ3n) is 2.51. The predicted octanol–water partition coefficient (Wildman–Crippen LogP) is 0.864. The number of anilines is 1. The highest BCUT2D eigenvalue weighted by Crippen LogP contribution is 2.18. The SMILES string of the molecule is N#CC1CN(C(=O)c2ccc(N)cc2)C1. The number of nitriles is 1. The molecule has 0 radical (unpaired) electrons. The zero-order chi connectivity index (χ0) is 10.8. The molecule has 76 valence electrons.